The van der Waals surface area contributed by atoms with Gasteiger partial charge in [-0.1, -0.05) is 0 Å². The molecule has 0 aliphatic rings. The second kappa shape index (κ2) is 5.69. The van der Waals surface area contributed by atoms with Gasteiger partial charge in [-0.25, -0.2) is 14.7 Å². The van der Waals surface area contributed by atoms with E-state index < -0.39 is 11.9 Å². The van der Waals surface area contributed by atoms with E-state index in [0.717, 1.165) is 6.08 Å². The van der Waals surface area contributed by atoms with Gasteiger partial charge in [0.15, 0.2) is 0 Å². The molecule has 1 heterocycles. The predicted octanol–water partition coefficient (Wildman–Crippen LogP) is 0.743. The molecule has 0 aliphatic heterocycles. The van der Waals surface area contributed by atoms with E-state index in [1.807, 2.05) is 13.8 Å². The number of hydrogen-bond donors (Lipinski definition) is 2. The SMILES string of the molecule is CC(C)Oc1cc(OC(=O)/C=C\C(=O)O)[nH]n1. The molecule has 7 nitrogen and oxygen atoms in total. The third-order valence-electron chi connectivity index (χ3n) is 1.46. The van der Waals surface area contributed by atoms with E-state index in [-0.39, 0.29) is 12.0 Å². The maximum Gasteiger partial charge on any atom is 0.337 e. The molecule has 0 saturated carbocycles. The van der Waals surface area contributed by atoms with Crippen molar-refractivity contribution in [2.24, 2.45) is 0 Å². The van der Waals surface area contributed by atoms with E-state index >= 15 is 0 Å². The van der Waals surface area contributed by atoms with Gasteiger partial charge in [0.05, 0.1) is 12.2 Å². The van der Waals surface area contributed by atoms with Crippen molar-refractivity contribution in [2.45, 2.75) is 20.0 Å². The number of aromatic amines is 1. The van der Waals surface area contributed by atoms with Crippen molar-refractivity contribution < 1.29 is 24.2 Å². The van der Waals surface area contributed by atoms with Crippen LogP contribution in [-0.4, -0.2) is 33.3 Å². The Hall–Kier alpha value is -2.31. The summed E-state index contributed by atoms with van der Waals surface area (Å²) in [4.78, 5) is 21.2. The third kappa shape index (κ3) is 4.83. The minimum atomic E-state index is -1.23. The van der Waals surface area contributed by atoms with Gasteiger partial charge in [0.2, 0.25) is 11.8 Å². The number of hydrogen-bond acceptors (Lipinski definition) is 5. The van der Waals surface area contributed by atoms with E-state index in [0.29, 0.717) is 12.0 Å². The fourth-order valence-electron chi connectivity index (χ4n) is 0.923. The Labute approximate surface area is 97.0 Å². The minimum absolute atomic E-state index is 0.0474. The lowest BCUT2D eigenvalue weighted by molar-refractivity contribution is -0.133. The molecule has 0 fully saturated rings. The molecule has 17 heavy (non-hydrogen) atoms. The molecule has 7 heteroatoms. The number of carbonyl (C=O) groups excluding carboxylic acids is 1. The summed E-state index contributed by atoms with van der Waals surface area (Å²) in [5.74, 6) is -1.66. The number of H-pyrrole nitrogens is 1. The number of nitrogens with zero attached hydrogens (tertiary/aromatic N) is 1. The van der Waals surface area contributed by atoms with E-state index in [4.69, 9.17) is 14.6 Å². The van der Waals surface area contributed by atoms with Crippen LogP contribution in [0.25, 0.3) is 0 Å². The lowest BCUT2D eigenvalue weighted by Crippen LogP contribution is -2.05. The second-order valence-corrected chi connectivity index (χ2v) is 3.33. The molecule has 0 aliphatic carbocycles. The lowest BCUT2D eigenvalue weighted by Gasteiger charge is -2.03. The average Bonchev–Trinajstić information content (AvgIpc) is 2.61. The van der Waals surface area contributed by atoms with Gasteiger partial charge < -0.3 is 14.6 Å². The van der Waals surface area contributed by atoms with Gasteiger partial charge in [0, 0.05) is 12.2 Å². The summed E-state index contributed by atoms with van der Waals surface area (Å²) in [5.41, 5.74) is 0. The van der Waals surface area contributed by atoms with Crippen molar-refractivity contribution >= 4 is 11.9 Å². The zero-order valence-corrected chi connectivity index (χ0v) is 9.34. The van der Waals surface area contributed by atoms with E-state index in [9.17, 15) is 9.59 Å². The van der Waals surface area contributed by atoms with Crippen LogP contribution in [0.2, 0.25) is 0 Å². The smallest absolute Gasteiger partial charge is 0.337 e. The summed E-state index contributed by atoms with van der Waals surface area (Å²) >= 11 is 0. The number of aromatic nitrogens is 2. The molecule has 1 aromatic rings. The molecule has 0 atom stereocenters. The summed E-state index contributed by atoms with van der Waals surface area (Å²) in [6.07, 6.45) is 1.44. The van der Waals surface area contributed by atoms with Gasteiger partial charge in [-0.2, -0.15) is 0 Å². The highest BCUT2D eigenvalue weighted by atomic mass is 16.5. The largest absolute Gasteiger partial charge is 0.478 e. The molecular formula is C10H12N2O5. The Balaban J connectivity index is 2.54. The fraction of sp³-hybridized carbons (Fsp3) is 0.300. The molecule has 1 rings (SSSR count). The first kappa shape index (κ1) is 12.8. The van der Waals surface area contributed by atoms with Crippen molar-refractivity contribution in [1.82, 2.24) is 10.2 Å². The molecule has 0 aromatic carbocycles. The first-order valence-corrected chi connectivity index (χ1v) is 4.82. The fourth-order valence-corrected chi connectivity index (χ4v) is 0.923. The van der Waals surface area contributed by atoms with Gasteiger partial charge in [0.25, 0.3) is 0 Å². The molecule has 0 amide bonds. The highest BCUT2D eigenvalue weighted by Crippen LogP contribution is 2.15. The van der Waals surface area contributed by atoms with Crippen LogP contribution in [0, 0.1) is 0 Å². The second-order valence-electron chi connectivity index (χ2n) is 3.33. The number of esters is 1. The van der Waals surface area contributed by atoms with Crippen molar-refractivity contribution in [3.05, 3.63) is 18.2 Å². The quantitative estimate of drug-likeness (QED) is 0.581. The van der Waals surface area contributed by atoms with Crippen molar-refractivity contribution in [2.75, 3.05) is 0 Å². The average molecular weight is 240 g/mol. The monoisotopic (exact) mass is 240 g/mol. The Bertz CT molecular complexity index is 436. The number of ether oxygens (including phenoxy) is 2. The van der Waals surface area contributed by atoms with Crippen LogP contribution in [0.1, 0.15) is 13.8 Å². The van der Waals surface area contributed by atoms with Crippen LogP contribution in [-0.2, 0) is 9.59 Å². The van der Waals surface area contributed by atoms with Crippen LogP contribution < -0.4 is 9.47 Å². The van der Waals surface area contributed by atoms with E-state index in [1.54, 1.807) is 0 Å². The number of nitrogens with one attached hydrogen (secondary N) is 1. The summed E-state index contributed by atoms with van der Waals surface area (Å²) in [5, 5.41) is 14.5. The van der Waals surface area contributed by atoms with Gasteiger partial charge in [-0.15, -0.1) is 5.10 Å². The van der Waals surface area contributed by atoms with Gasteiger partial charge in [0.1, 0.15) is 0 Å². The van der Waals surface area contributed by atoms with Gasteiger partial charge in [-0.05, 0) is 13.8 Å². The molecule has 92 valence electrons. The molecule has 0 radical (unpaired) electrons. The maximum atomic E-state index is 11.1. The van der Waals surface area contributed by atoms with Crippen molar-refractivity contribution in [3.63, 3.8) is 0 Å². The highest BCUT2D eigenvalue weighted by Gasteiger charge is 2.07. The third-order valence-corrected chi connectivity index (χ3v) is 1.46. The van der Waals surface area contributed by atoms with Crippen LogP contribution >= 0.6 is 0 Å². The summed E-state index contributed by atoms with van der Waals surface area (Å²) in [6, 6.07) is 1.40. The van der Waals surface area contributed by atoms with Crippen LogP contribution in [0.5, 0.6) is 11.8 Å². The summed E-state index contributed by atoms with van der Waals surface area (Å²) < 4.78 is 9.97. The number of aliphatic carboxylic acids is 1. The minimum Gasteiger partial charge on any atom is -0.478 e. The zero-order valence-electron chi connectivity index (χ0n) is 9.34. The van der Waals surface area contributed by atoms with Crippen LogP contribution in [0.3, 0.4) is 0 Å². The van der Waals surface area contributed by atoms with Crippen molar-refractivity contribution in [1.29, 1.82) is 0 Å². The first-order chi connectivity index (χ1) is 7.97. The molecule has 0 unspecified atom stereocenters. The number of carboxylic acids is 1. The molecule has 0 bridgehead atoms. The van der Waals surface area contributed by atoms with Gasteiger partial charge in [-0.3, -0.25) is 0 Å². The number of rotatable bonds is 5. The summed E-state index contributed by atoms with van der Waals surface area (Å²) in [7, 11) is 0. The predicted molar refractivity (Wildman–Crippen MR) is 56.8 cm³/mol. The summed E-state index contributed by atoms with van der Waals surface area (Å²) in [6.45, 7) is 3.66. The van der Waals surface area contributed by atoms with E-state index in [1.165, 1.54) is 6.07 Å². The molecular weight excluding hydrogens is 228 g/mol. The highest BCUT2D eigenvalue weighted by molar-refractivity contribution is 5.91. The van der Waals surface area contributed by atoms with Crippen LogP contribution in [0.4, 0.5) is 0 Å². The number of carbonyl (C=O) groups is 2. The van der Waals surface area contributed by atoms with Crippen molar-refractivity contribution in [3.8, 4) is 11.8 Å². The molecule has 2 N–H and O–H groups in total. The molecule has 0 spiro atoms. The Morgan fingerprint density at radius 1 is 1.47 bits per heavy atom. The van der Waals surface area contributed by atoms with Crippen LogP contribution in [0.15, 0.2) is 18.2 Å². The zero-order chi connectivity index (χ0) is 12.8. The normalized spacial score (nSPS) is 10.8. The number of carboxylic acid groups (broad SMARTS) is 1. The maximum absolute atomic E-state index is 11.1. The topological polar surface area (TPSA) is 102 Å². The van der Waals surface area contributed by atoms with Gasteiger partial charge >= 0.3 is 11.9 Å². The first-order valence-electron chi connectivity index (χ1n) is 4.82. The lowest BCUT2D eigenvalue weighted by atomic mass is 10.5. The molecule has 0 saturated heterocycles. The molecule has 1 aromatic heterocycles. The Morgan fingerprint density at radius 3 is 2.76 bits per heavy atom. The standard InChI is InChI=1S/C10H12N2O5/c1-6(2)16-7-5-8(12-11-7)17-10(15)4-3-9(13)14/h3-6H,1-2H3,(H,11,12)(H,13,14)/b4-3-. The van der Waals surface area contributed by atoms with E-state index in [2.05, 4.69) is 10.2 Å². The Kier molecular flexibility index (Phi) is 4.27. The Morgan fingerprint density at radius 2 is 2.18 bits per heavy atom.